The first-order chi connectivity index (χ1) is 10.2. The predicted octanol–water partition coefficient (Wildman–Crippen LogP) is 1.73. The number of pyridine rings is 1. The maximum Gasteiger partial charge on any atom is 0.240 e. The van der Waals surface area contributed by atoms with Crippen molar-refractivity contribution in [3.63, 3.8) is 0 Å². The lowest BCUT2D eigenvalue weighted by Crippen LogP contribution is -2.25. The lowest BCUT2D eigenvalue weighted by Gasteiger charge is -2.20. The van der Waals surface area contributed by atoms with E-state index >= 15 is 0 Å². The van der Waals surface area contributed by atoms with Crippen molar-refractivity contribution in [2.75, 3.05) is 20.8 Å². The SMILES string of the molecule is CCNC(c1ccncc1F)c1ncc(OC)nc1OC. The van der Waals surface area contributed by atoms with Crippen LogP contribution in [0.25, 0.3) is 0 Å². The van der Waals surface area contributed by atoms with Gasteiger partial charge in [0, 0.05) is 11.8 Å². The zero-order valence-electron chi connectivity index (χ0n) is 12.1. The minimum Gasteiger partial charge on any atom is -0.480 e. The van der Waals surface area contributed by atoms with Crippen molar-refractivity contribution in [2.45, 2.75) is 13.0 Å². The van der Waals surface area contributed by atoms with E-state index in [-0.39, 0.29) is 5.88 Å². The lowest BCUT2D eigenvalue weighted by molar-refractivity contribution is 0.352. The zero-order chi connectivity index (χ0) is 15.2. The molecule has 6 nitrogen and oxygen atoms in total. The summed E-state index contributed by atoms with van der Waals surface area (Å²) in [6, 6.07) is 1.12. The summed E-state index contributed by atoms with van der Waals surface area (Å²) in [5, 5.41) is 3.18. The first-order valence-electron chi connectivity index (χ1n) is 6.49. The molecule has 0 radical (unpaired) electrons. The molecule has 1 atom stereocenters. The van der Waals surface area contributed by atoms with Crippen LogP contribution in [-0.2, 0) is 0 Å². The normalized spacial score (nSPS) is 12.0. The van der Waals surface area contributed by atoms with Gasteiger partial charge in [-0.25, -0.2) is 9.37 Å². The van der Waals surface area contributed by atoms with Crippen LogP contribution in [-0.4, -0.2) is 35.7 Å². The molecule has 0 aliphatic heterocycles. The molecule has 1 unspecified atom stereocenters. The smallest absolute Gasteiger partial charge is 0.240 e. The van der Waals surface area contributed by atoms with Crippen molar-refractivity contribution in [3.8, 4) is 11.8 Å². The first-order valence-corrected chi connectivity index (χ1v) is 6.49. The van der Waals surface area contributed by atoms with Gasteiger partial charge < -0.3 is 14.8 Å². The molecular formula is C14H17FN4O2. The number of halogens is 1. The quantitative estimate of drug-likeness (QED) is 0.874. The summed E-state index contributed by atoms with van der Waals surface area (Å²) in [4.78, 5) is 12.2. The Labute approximate surface area is 122 Å². The van der Waals surface area contributed by atoms with Crippen LogP contribution in [0.4, 0.5) is 4.39 Å². The Kier molecular flexibility index (Phi) is 4.99. The van der Waals surface area contributed by atoms with E-state index < -0.39 is 11.9 Å². The molecule has 2 rings (SSSR count). The number of aromatic nitrogens is 3. The number of ether oxygens (including phenoxy) is 2. The average Bonchev–Trinajstić information content (AvgIpc) is 2.53. The topological polar surface area (TPSA) is 69.2 Å². The third-order valence-electron chi connectivity index (χ3n) is 2.94. The zero-order valence-corrected chi connectivity index (χ0v) is 12.1. The molecule has 0 aromatic carbocycles. The van der Waals surface area contributed by atoms with Crippen LogP contribution in [0.3, 0.4) is 0 Å². The Morgan fingerprint density at radius 1 is 1.29 bits per heavy atom. The summed E-state index contributed by atoms with van der Waals surface area (Å²) in [5.41, 5.74) is 0.926. The standard InChI is InChI=1S/C14H17FN4O2/c1-4-17-12(9-5-6-16-7-10(9)15)13-14(21-3)19-11(20-2)8-18-13/h5-8,12,17H,4H2,1-3H3. The van der Waals surface area contributed by atoms with Crippen LogP contribution in [0.1, 0.15) is 24.2 Å². The molecule has 0 spiro atoms. The van der Waals surface area contributed by atoms with E-state index in [9.17, 15) is 4.39 Å². The van der Waals surface area contributed by atoms with Crippen LogP contribution in [0.2, 0.25) is 0 Å². The van der Waals surface area contributed by atoms with Crippen LogP contribution in [0.5, 0.6) is 11.8 Å². The molecule has 21 heavy (non-hydrogen) atoms. The molecule has 0 amide bonds. The summed E-state index contributed by atoms with van der Waals surface area (Å²) in [7, 11) is 2.98. The van der Waals surface area contributed by atoms with E-state index in [4.69, 9.17) is 9.47 Å². The van der Waals surface area contributed by atoms with Gasteiger partial charge in [0.15, 0.2) is 0 Å². The molecule has 112 valence electrons. The maximum atomic E-state index is 14.0. The molecule has 0 saturated carbocycles. The Hall–Kier alpha value is -2.28. The van der Waals surface area contributed by atoms with Gasteiger partial charge >= 0.3 is 0 Å². The maximum absolute atomic E-state index is 14.0. The van der Waals surface area contributed by atoms with Crippen molar-refractivity contribution in [2.24, 2.45) is 0 Å². The van der Waals surface area contributed by atoms with Gasteiger partial charge in [-0.1, -0.05) is 6.92 Å². The lowest BCUT2D eigenvalue weighted by atomic mass is 10.0. The Bertz CT molecular complexity index is 609. The highest BCUT2D eigenvalue weighted by atomic mass is 19.1. The molecule has 0 aliphatic rings. The van der Waals surface area contributed by atoms with Crippen molar-refractivity contribution >= 4 is 0 Å². The van der Waals surface area contributed by atoms with E-state index in [2.05, 4.69) is 20.3 Å². The number of methoxy groups -OCH3 is 2. The number of rotatable bonds is 6. The van der Waals surface area contributed by atoms with Gasteiger partial charge in [0.2, 0.25) is 11.8 Å². The van der Waals surface area contributed by atoms with Crippen LogP contribution < -0.4 is 14.8 Å². The van der Waals surface area contributed by atoms with E-state index in [0.717, 1.165) is 0 Å². The third kappa shape index (κ3) is 3.25. The number of hydrogen-bond acceptors (Lipinski definition) is 6. The molecule has 0 bridgehead atoms. The highest BCUT2D eigenvalue weighted by Crippen LogP contribution is 2.29. The van der Waals surface area contributed by atoms with Gasteiger partial charge in [-0.05, 0) is 12.6 Å². The predicted molar refractivity (Wildman–Crippen MR) is 74.9 cm³/mol. The highest BCUT2D eigenvalue weighted by Gasteiger charge is 2.23. The first kappa shape index (κ1) is 15.1. The second-order valence-electron chi connectivity index (χ2n) is 4.19. The van der Waals surface area contributed by atoms with Crippen LogP contribution >= 0.6 is 0 Å². The van der Waals surface area contributed by atoms with Gasteiger partial charge in [-0.2, -0.15) is 4.98 Å². The Morgan fingerprint density at radius 2 is 2.10 bits per heavy atom. The van der Waals surface area contributed by atoms with E-state index in [0.29, 0.717) is 23.7 Å². The largest absolute Gasteiger partial charge is 0.480 e. The second-order valence-corrected chi connectivity index (χ2v) is 4.19. The number of hydrogen-bond donors (Lipinski definition) is 1. The monoisotopic (exact) mass is 292 g/mol. The van der Waals surface area contributed by atoms with Gasteiger partial charge in [0.05, 0.1) is 32.7 Å². The van der Waals surface area contributed by atoms with Crippen molar-refractivity contribution < 1.29 is 13.9 Å². The van der Waals surface area contributed by atoms with Crippen molar-refractivity contribution in [3.05, 3.63) is 41.7 Å². The molecule has 0 aliphatic carbocycles. The van der Waals surface area contributed by atoms with Crippen molar-refractivity contribution in [1.29, 1.82) is 0 Å². The molecule has 2 aromatic heterocycles. The van der Waals surface area contributed by atoms with E-state index in [1.54, 1.807) is 6.07 Å². The van der Waals surface area contributed by atoms with Crippen LogP contribution in [0.15, 0.2) is 24.7 Å². The van der Waals surface area contributed by atoms with Gasteiger partial charge in [-0.3, -0.25) is 4.98 Å². The van der Waals surface area contributed by atoms with Gasteiger partial charge in [-0.15, -0.1) is 0 Å². The Balaban J connectivity index is 2.50. The number of nitrogens with one attached hydrogen (secondary N) is 1. The molecular weight excluding hydrogens is 275 g/mol. The van der Waals surface area contributed by atoms with Gasteiger partial charge in [0.1, 0.15) is 11.5 Å². The molecule has 0 saturated heterocycles. The minimum atomic E-state index is -0.480. The van der Waals surface area contributed by atoms with Crippen LogP contribution in [0, 0.1) is 5.82 Å². The molecule has 2 aromatic rings. The fourth-order valence-corrected chi connectivity index (χ4v) is 1.99. The summed E-state index contributed by atoms with van der Waals surface area (Å²) in [5.74, 6) is 0.209. The second kappa shape index (κ2) is 6.94. The van der Waals surface area contributed by atoms with E-state index in [1.807, 2.05) is 6.92 Å². The van der Waals surface area contributed by atoms with Crippen molar-refractivity contribution in [1.82, 2.24) is 20.3 Å². The summed E-state index contributed by atoms with van der Waals surface area (Å²) >= 11 is 0. The summed E-state index contributed by atoms with van der Waals surface area (Å²) < 4.78 is 24.3. The third-order valence-corrected chi connectivity index (χ3v) is 2.94. The molecule has 7 heteroatoms. The summed E-state index contributed by atoms with van der Waals surface area (Å²) in [6.45, 7) is 2.55. The fourth-order valence-electron chi connectivity index (χ4n) is 1.99. The molecule has 2 heterocycles. The highest BCUT2D eigenvalue weighted by molar-refractivity contribution is 5.34. The summed E-state index contributed by atoms with van der Waals surface area (Å²) in [6.07, 6.45) is 4.18. The van der Waals surface area contributed by atoms with E-state index in [1.165, 1.54) is 32.8 Å². The van der Waals surface area contributed by atoms with Gasteiger partial charge in [0.25, 0.3) is 0 Å². The Morgan fingerprint density at radius 3 is 2.71 bits per heavy atom. The minimum absolute atomic E-state index is 0.288. The molecule has 0 fully saturated rings. The average molecular weight is 292 g/mol. The number of nitrogens with zero attached hydrogens (tertiary/aromatic N) is 3. The molecule has 1 N–H and O–H groups in total. The fraction of sp³-hybridized carbons (Fsp3) is 0.357.